The first kappa shape index (κ1) is 12.7. The molecular weight excluding hydrogens is 248 g/mol. The number of aromatic nitrogens is 3. The molecule has 0 aliphatic heterocycles. The molecule has 7 heteroatoms. The van der Waals surface area contributed by atoms with Gasteiger partial charge < -0.3 is 10.7 Å². The van der Waals surface area contributed by atoms with Crippen LogP contribution in [0, 0.1) is 6.92 Å². The Morgan fingerprint density at radius 3 is 2.67 bits per heavy atom. The predicted molar refractivity (Wildman–Crippen MR) is 73.4 cm³/mol. The number of hydrogen-bond acceptors (Lipinski definition) is 7. The van der Waals surface area contributed by atoms with Gasteiger partial charge >= 0.3 is 0 Å². The second kappa shape index (κ2) is 5.74. The summed E-state index contributed by atoms with van der Waals surface area (Å²) >= 11 is 1.63. The molecule has 0 fully saturated rings. The summed E-state index contributed by atoms with van der Waals surface area (Å²) in [4.78, 5) is 13.8. The Balaban J connectivity index is 2.16. The van der Waals surface area contributed by atoms with Crippen LogP contribution in [0.5, 0.6) is 0 Å². The molecule has 0 radical (unpaired) electrons. The van der Waals surface area contributed by atoms with Gasteiger partial charge in [0.1, 0.15) is 18.0 Å². The average molecular weight is 264 g/mol. The first-order valence-electron chi connectivity index (χ1n) is 5.69. The highest BCUT2D eigenvalue weighted by atomic mass is 32.1. The zero-order valence-corrected chi connectivity index (χ0v) is 11.2. The monoisotopic (exact) mass is 264 g/mol. The standard InChI is InChI=1S/C11H16N6S/c1-3-8-10(14-5-15-11(8)17-12)13-4-9-7(2)16-6-18-9/h5-6H,3-4,12H2,1-2H3,(H2,13,14,15,17). The summed E-state index contributed by atoms with van der Waals surface area (Å²) in [5.74, 6) is 6.91. The van der Waals surface area contributed by atoms with Crippen molar-refractivity contribution in [3.05, 3.63) is 28.0 Å². The van der Waals surface area contributed by atoms with Crippen molar-refractivity contribution in [2.45, 2.75) is 26.8 Å². The van der Waals surface area contributed by atoms with Crippen molar-refractivity contribution in [3.8, 4) is 0 Å². The number of rotatable bonds is 5. The molecule has 0 aliphatic carbocycles. The molecule has 4 N–H and O–H groups in total. The third-order valence-corrected chi connectivity index (χ3v) is 3.63. The molecule has 0 bridgehead atoms. The van der Waals surface area contributed by atoms with Crippen LogP contribution in [0.25, 0.3) is 0 Å². The lowest BCUT2D eigenvalue weighted by molar-refractivity contribution is 1.00. The van der Waals surface area contributed by atoms with Crippen molar-refractivity contribution >= 4 is 23.0 Å². The van der Waals surface area contributed by atoms with E-state index in [-0.39, 0.29) is 0 Å². The van der Waals surface area contributed by atoms with Gasteiger partial charge in [-0.05, 0) is 13.3 Å². The maximum Gasteiger partial charge on any atom is 0.148 e. The molecule has 0 atom stereocenters. The minimum atomic E-state index is 0.663. The Morgan fingerprint density at radius 2 is 2.06 bits per heavy atom. The molecule has 0 amide bonds. The molecule has 96 valence electrons. The van der Waals surface area contributed by atoms with Crippen LogP contribution in [-0.2, 0) is 13.0 Å². The third kappa shape index (κ3) is 2.57. The highest BCUT2D eigenvalue weighted by Gasteiger charge is 2.09. The van der Waals surface area contributed by atoms with Gasteiger partial charge in [-0.3, -0.25) is 0 Å². The smallest absolute Gasteiger partial charge is 0.148 e. The fourth-order valence-electron chi connectivity index (χ4n) is 1.68. The molecule has 2 aromatic rings. The number of nitrogen functional groups attached to an aromatic ring is 1. The quantitative estimate of drug-likeness (QED) is 0.562. The van der Waals surface area contributed by atoms with E-state index in [1.807, 2.05) is 19.4 Å². The van der Waals surface area contributed by atoms with E-state index >= 15 is 0 Å². The molecule has 0 aromatic carbocycles. The van der Waals surface area contributed by atoms with E-state index < -0.39 is 0 Å². The van der Waals surface area contributed by atoms with Crippen molar-refractivity contribution in [1.29, 1.82) is 0 Å². The van der Waals surface area contributed by atoms with Crippen LogP contribution >= 0.6 is 11.3 Å². The maximum absolute atomic E-state index is 5.43. The van der Waals surface area contributed by atoms with Crippen LogP contribution in [0.1, 0.15) is 23.1 Å². The van der Waals surface area contributed by atoms with Gasteiger partial charge in [-0.15, -0.1) is 11.3 Å². The first-order valence-corrected chi connectivity index (χ1v) is 6.57. The maximum atomic E-state index is 5.43. The lowest BCUT2D eigenvalue weighted by Gasteiger charge is -2.12. The van der Waals surface area contributed by atoms with Crippen molar-refractivity contribution in [3.63, 3.8) is 0 Å². The summed E-state index contributed by atoms with van der Waals surface area (Å²) in [6.07, 6.45) is 2.31. The summed E-state index contributed by atoms with van der Waals surface area (Å²) in [7, 11) is 0. The van der Waals surface area contributed by atoms with E-state index in [1.165, 1.54) is 11.2 Å². The van der Waals surface area contributed by atoms with E-state index in [4.69, 9.17) is 5.84 Å². The van der Waals surface area contributed by atoms with E-state index in [1.54, 1.807) is 11.3 Å². The zero-order chi connectivity index (χ0) is 13.0. The SMILES string of the molecule is CCc1c(NN)ncnc1NCc1scnc1C. The highest BCUT2D eigenvalue weighted by Crippen LogP contribution is 2.21. The first-order chi connectivity index (χ1) is 8.76. The highest BCUT2D eigenvalue weighted by molar-refractivity contribution is 7.09. The summed E-state index contributed by atoms with van der Waals surface area (Å²) < 4.78 is 0. The third-order valence-electron chi connectivity index (χ3n) is 2.70. The Morgan fingerprint density at radius 1 is 1.28 bits per heavy atom. The molecule has 0 aliphatic rings. The van der Waals surface area contributed by atoms with Crippen LogP contribution in [0.4, 0.5) is 11.6 Å². The number of aryl methyl sites for hydroxylation is 1. The van der Waals surface area contributed by atoms with Crippen molar-refractivity contribution in [2.75, 3.05) is 10.7 Å². The number of thiazole rings is 1. The number of hydrazine groups is 1. The van der Waals surface area contributed by atoms with Crippen LogP contribution in [-0.4, -0.2) is 15.0 Å². The molecule has 6 nitrogen and oxygen atoms in total. The molecular formula is C11H16N6S. The number of nitrogens with zero attached hydrogens (tertiary/aromatic N) is 3. The molecule has 18 heavy (non-hydrogen) atoms. The van der Waals surface area contributed by atoms with Crippen LogP contribution < -0.4 is 16.6 Å². The molecule has 0 spiro atoms. The lowest BCUT2D eigenvalue weighted by atomic mass is 10.2. The van der Waals surface area contributed by atoms with Crippen molar-refractivity contribution < 1.29 is 0 Å². The van der Waals surface area contributed by atoms with Crippen molar-refractivity contribution in [2.24, 2.45) is 5.84 Å². The van der Waals surface area contributed by atoms with Crippen LogP contribution in [0.2, 0.25) is 0 Å². The molecule has 2 heterocycles. The molecule has 0 unspecified atom stereocenters. The van der Waals surface area contributed by atoms with E-state index in [0.29, 0.717) is 12.4 Å². The van der Waals surface area contributed by atoms with Gasteiger partial charge in [-0.1, -0.05) is 6.92 Å². The van der Waals surface area contributed by atoms with Gasteiger partial charge in [0.05, 0.1) is 17.7 Å². The Hall–Kier alpha value is -1.73. The van der Waals surface area contributed by atoms with E-state index in [0.717, 1.165) is 23.5 Å². The van der Waals surface area contributed by atoms with Gasteiger partial charge in [0.15, 0.2) is 0 Å². The topological polar surface area (TPSA) is 88.8 Å². The minimum Gasteiger partial charge on any atom is -0.365 e. The van der Waals surface area contributed by atoms with E-state index in [9.17, 15) is 0 Å². The van der Waals surface area contributed by atoms with Gasteiger partial charge in [0.2, 0.25) is 0 Å². The summed E-state index contributed by atoms with van der Waals surface area (Å²) in [5.41, 5.74) is 6.48. The second-order valence-corrected chi connectivity index (χ2v) is 4.70. The lowest BCUT2D eigenvalue weighted by Crippen LogP contribution is -2.14. The molecule has 2 aromatic heterocycles. The molecule has 0 saturated carbocycles. The van der Waals surface area contributed by atoms with E-state index in [2.05, 4.69) is 25.7 Å². The Bertz CT molecular complexity index is 524. The van der Waals surface area contributed by atoms with Gasteiger partial charge in [-0.2, -0.15) is 0 Å². The fourth-order valence-corrected chi connectivity index (χ4v) is 2.40. The summed E-state index contributed by atoms with van der Waals surface area (Å²) in [6, 6.07) is 0. The minimum absolute atomic E-state index is 0.663. The Kier molecular flexibility index (Phi) is 4.06. The summed E-state index contributed by atoms with van der Waals surface area (Å²) in [6.45, 7) is 4.76. The number of hydrogen-bond donors (Lipinski definition) is 3. The molecule has 0 saturated heterocycles. The van der Waals surface area contributed by atoms with Gasteiger partial charge in [0.25, 0.3) is 0 Å². The zero-order valence-electron chi connectivity index (χ0n) is 10.4. The second-order valence-electron chi connectivity index (χ2n) is 3.76. The van der Waals surface area contributed by atoms with Crippen molar-refractivity contribution in [1.82, 2.24) is 15.0 Å². The predicted octanol–water partition coefficient (Wildman–Crippen LogP) is 1.70. The summed E-state index contributed by atoms with van der Waals surface area (Å²) in [5, 5.41) is 3.31. The average Bonchev–Trinajstić information content (AvgIpc) is 2.81. The Labute approximate surface area is 110 Å². The van der Waals surface area contributed by atoms with Gasteiger partial charge in [0, 0.05) is 10.4 Å². The normalized spacial score (nSPS) is 10.4. The number of anilines is 2. The van der Waals surface area contributed by atoms with Gasteiger partial charge in [-0.25, -0.2) is 20.8 Å². The number of nitrogens with two attached hydrogens (primary N) is 1. The van der Waals surface area contributed by atoms with Crippen LogP contribution in [0.3, 0.4) is 0 Å². The fraction of sp³-hybridized carbons (Fsp3) is 0.364. The largest absolute Gasteiger partial charge is 0.365 e. The number of nitrogens with one attached hydrogen (secondary N) is 2. The molecule has 2 rings (SSSR count). The van der Waals surface area contributed by atoms with Crippen LogP contribution in [0.15, 0.2) is 11.8 Å².